The Bertz CT molecular complexity index is 352. The van der Waals surface area contributed by atoms with Crippen molar-refractivity contribution >= 4 is 0 Å². The highest BCUT2D eigenvalue weighted by Gasteiger charge is 2.23. The molecule has 0 saturated heterocycles. The number of hydrogen-bond donors (Lipinski definition) is 1. The molecule has 0 aliphatic heterocycles. The summed E-state index contributed by atoms with van der Waals surface area (Å²) in [6, 6.07) is 0.537. The fourth-order valence-corrected chi connectivity index (χ4v) is 2.93. The summed E-state index contributed by atoms with van der Waals surface area (Å²) in [6.07, 6.45) is 6.90. The molecule has 0 bridgehead atoms. The fourth-order valence-electron chi connectivity index (χ4n) is 2.93. The Morgan fingerprint density at radius 1 is 1.29 bits per heavy atom. The van der Waals surface area contributed by atoms with Gasteiger partial charge in [0.2, 0.25) is 0 Å². The Morgan fingerprint density at radius 3 is 2.53 bits per heavy atom. The molecule has 96 valence electrons. The molecule has 4 heteroatoms. The second-order valence-corrected chi connectivity index (χ2v) is 5.18. The number of hydrogen-bond acceptors (Lipinski definition) is 3. The molecule has 1 aliphatic rings. The maximum absolute atomic E-state index is 4.46. The minimum atomic E-state index is 0.537. The van der Waals surface area contributed by atoms with Gasteiger partial charge in [-0.05, 0) is 39.7 Å². The van der Waals surface area contributed by atoms with Crippen LogP contribution in [0.5, 0.6) is 0 Å². The number of aromatic nitrogens is 3. The van der Waals surface area contributed by atoms with Crippen LogP contribution in [0.1, 0.15) is 43.8 Å². The Balaban J connectivity index is 2.01. The zero-order chi connectivity index (χ0) is 12.3. The molecule has 1 aliphatic carbocycles. The summed E-state index contributed by atoms with van der Waals surface area (Å²) < 4.78 is 2.05. The van der Waals surface area contributed by atoms with Gasteiger partial charge in [0.15, 0.2) is 0 Å². The van der Waals surface area contributed by atoms with Crippen LogP contribution >= 0.6 is 0 Å². The van der Waals surface area contributed by atoms with E-state index in [-0.39, 0.29) is 0 Å². The monoisotopic (exact) mass is 236 g/mol. The van der Waals surface area contributed by atoms with Crippen LogP contribution in [0.2, 0.25) is 0 Å². The first kappa shape index (κ1) is 12.6. The molecule has 1 fully saturated rings. The number of aryl methyl sites for hydroxylation is 2. The molecule has 0 radical (unpaired) electrons. The fraction of sp³-hybridized carbons (Fsp3) is 0.846. The normalized spacial score (nSPS) is 19.5. The number of rotatable bonds is 4. The predicted molar refractivity (Wildman–Crippen MR) is 68.9 cm³/mol. The molecule has 0 aromatic carbocycles. The molecule has 1 N–H and O–H groups in total. The van der Waals surface area contributed by atoms with Crippen molar-refractivity contribution in [2.24, 2.45) is 5.92 Å². The van der Waals surface area contributed by atoms with Gasteiger partial charge in [-0.2, -0.15) is 5.10 Å². The van der Waals surface area contributed by atoms with Gasteiger partial charge in [-0.25, -0.2) is 9.67 Å². The average molecular weight is 236 g/mol. The molecule has 0 spiro atoms. The van der Waals surface area contributed by atoms with Crippen molar-refractivity contribution in [2.45, 2.75) is 58.5 Å². The van der Waals surface area contributed by atoms with Crippen molar-refractivity contribution < 1.29 is 0 Å². The van der Waals surface area contributed by atoms with E-state index in [0.717, 1.165) is 24.1 Å². The maximum atomic E-state index is 4.46. The molecule has 1 atom stereocenters. The largest absolute Gasteiger partial charge is 0.315 e. The Hall–Kier alpha value is -0.900. The zero-order valence-electron chi connectivity index (χ0n) is 11.2. The summed E-state index contributed by atoms with van der Waals surface area (Å²) >= 11 is 0. The summed E-state index contributed by atoms with van der Waals surface area (Å²) in [4.78, 5) is 4.37. The van der Waals surface area contributed by atoms with E-state index in [1.54, 1.807) is 0 Å². The van der Waals surface area contributed by atoms with Crippen molar-refractivity contribution in [3.05, 3.63) is 11.6 Å². The van der Waals surface area contributed by atoms with Crippen LogP contribution < -0.4 is 5.32 Å². The van der Waals surface area contributed by atoms with Crippen molar-refractivity contribution in [1.29, 1.82) is 0 Å². The van der Waals surface area contributed by atoms with Gasteiger partial charge in [0.25, 0.3) is 0 Å². The molecular formula is C13H24N4. The number of likely N-dealkylation sites (N-methyl/N-ethyl adjacent to an activating group) is 1. The highest BCUT2D eigenvalue weighted by atomic mass is 15.3. The summed E-state index contributed by atoms with van der Waals surface area (Å²) in [7, 11) is 2.07. The lowest BCUT2D eigenvalue weighted by atomic mass is 9.84. The van der Waals surface area contributed by atoms with Crippen LogP contribution in [-0.4, -0.2) is 27.9 Å². The van der Waals surface area contributed by atoms with Crippen LogP contribution in [0.3, 0.4) is 0 Å². The molecule has 1 aromatic rings. The van der Waals surface area contributed by atoms with E-state index < -0.39 is 0 Å². The lowest BCUT2D eigenvalue weighted by Crippen LogP contribution is -2.39. The van der Waals surface area contributed by atoms with E-state index in [1.807, 2.05) is 18.5 Å². The van der Waals surface area contributed by atoms with Gasteiger partial charge in [0.05, 0.1) is 6.54 Å². The molecule has 17 heavy (non-hydrogen) atoms. The molecule has 1 aromatic heterocycles. The van der Waals surface area contributed by atoms with Gasteiger partial charge in [0.1, 0.15) is 11.6 Å². The third-order valence-electron chi connectivity index (χ3n) is 3.92. The van der Waals surface area contributed by atoms with Crippen LogP contribution in [-0.2, 0) is 6.54 Å². The van der Waals surface area contributed by atoms with Crippen LogP contribution in [0.25, 0.3) is 0 Å². The number of nitrogens with zero attached hydrogens (tertiary/aromatic N) is 3. The van der Waals surface area contributed by atoms with E-state index >= 15 is 0 Å². The van der Waals surface area contributed by atoms with Crippen LogP contribution in [0.4, 0.5) is 0 Å². The smallest absolute Gasteiger partial charge is 0.147 e. The molecular weight excluding hydrogens is 212 g/mol. The first-order valence-electron chi connectivity index (χ1n) is 6.76. The van der Waals surface area contributed by atoms with Crippen molar-refractivity contribution in [3.8, 4) is 0 Å². The topological polar surface area (TPSA) is 42.7 Å². The molecule has 2 rings (SSSR count). The SMILES string of the molecule is CNC(Cn1nc(C)nc1C)C1CCCCC1. The first-order valence-corrected chi connectivity index (χ1v) is 6.76. The van der Waals surface area contributed by atoms with E-state index in [0.29, 0.717) is 6.04 Å². The summed E-state index contributed by atoms with van der Waals surface area (Å²) in [5, 5.41) is 7.93. The zero-order valence-corrected chi connectivity index (χ0v) is 11.2. The Kier molecular flexibility index (Phi) is 4.15. The predicted octanol–water partition coefficient (Wildman–Crippen LogP) is 2.06. The second kappa shape index (κ2) is 5.63. The van der Waals surface area contributed by atoms with E-state index in [4.69, 9.17) is 0 Å². The van der Waals surface area contributed by atoms with E-state index in [2.05, 4.69) is 22.4 Å². The Morgan fingerprint density at radius 2 is 2.00 bits per heavy atom. The lowest BCUT2D eigenvalue weighted by Gasteiger charge is -2.30. The van der Waals surface area contributed by atoms with Crippen molar-refractivity contribution in [1.82, 2.24) is 20.1 Å². The van der Waals surface area contributed by atoms with Crippen molar-refractivity contribution in [3.63, 3.8) is 0 Å². The van der Waals surface area contributed by atoms with Crippen LogP contribution in [0, 0.1) is 19.8 Å². The highest BCUT2D eigenvalue weighted by Crippen LogP contribution is 2.27. The van der Waals surface area contributed by atoms with Crippen molar-refractivity contribution in [2.75, 3.05) is 7.05 Å². The summed E-state index contributed by atoms with van der Waals surface area (Å²) in [5.41, 5.74) is 0. The van der Waals surface area contributed by atoms with Gasteiger partial charge >= 0.3 is 0 Å². The maximum Gasteiger partial charge on any atom is 0.147 e. The van der Waals surface area contributed by atoms with Crippen LogP contribution in [0.15, 0.2) is 0 Å². The van der Waals surface area contributed by atoms with Gasteiger partial charge in [-0.15, -0.1) is 0 Å². The average Bonchev–Trinajstić information content (AvgIpc) is 2.66. The first-order chi connectivity index (χ1) is 8.20. The lowest BCUT2D eigenvalue weighted by molar-refractivity contribution is 0.250. The summed E-state index contributed by atoms with van der Waals surface area (Å²) in [5.74, 6) is 2.71. The molecule has 1 saturated carbocycles. The third-order valence-corrected chi connectivity index (χ3v) is 3.92. The molecule has 4 nitrogen and oxygen atoms in total. The van der Waals surface area contributed by atoms with Gasteiger partial charge < -0.3 is 5.32 Å². The molecule has 1 unspecified atom stereocenters. The van der Waals surface area contributed by atoms with Gasteiger partial charge in [-0.3, -0.25) is 0 Å². The van der Waals surface area contributed by atoms with Gasteiger partial charge in [-0.1, -0.05) is 19.3 Å². The molecule has 0 amide bonds. The van der Waals surface area contributed by atoms with E-state index in [9.17, 15) is 0 Å². The van der Waals surface area contributed by atoms with E-state index in [1.165, 1.54) is 32.1 Å². The van der Waals surface area contributed by atoms with Gasteiger partial charge in [0, 0.05) is 6.04 Å². The number of nitrogens with one attached hydrogen (secondary N) is 1. The molecule has 1 heterocycles. The minimum absolute atomic E-state index is 0.537. The standard InChI is InChI=1S/C13H24N4/c1-10-15-11(2)17(16-10)9-13(14-3)12-7-5-4-6-8-12/h12-14H,4-9H2,1-3H3. The highest BCUT2D eigenvalue weighted by molar-refractivity contribution is 4.89. The third kappa shape index (κ3) is 3.06. The quantitative estimate of drug-likeness (QED) is 0.870. The second-order valence-electron chi connectivity index (χ2n) is 5.18. The Labute approximate surface area is 104 Å². The summed E-state index contributed by atoms with van der Waals surface area (Å²) in [6.45, 7) is 4.94. The minimum Gasteiger partial charge on any atom is -0.315 e.